The molecular weight excluding hydrogens is 210 g/mol. The van der Waals surface area contributed by atoms with E-state index >= 15 is 0 Å². The second kappa shape index (κ2) is 7.33. The molecule has 0 bridgehead atoms. The van der Waals surface area contributed by atoms with Crippen LogP contribution in [0.25, 0.3) is 0 Å². The summed E-state index contributed by atoms with van der Waals surface area (Å²) in [7, 11) is 1.72. The number of nitrogens with one attached hydrogen (secondary N) is 1. The zero-order valence-electron chi connectivity index (χ0n) is 11.5. The van der Waals surface area contributed by atoms with Gasteiger partial charge in [-0.1, -0.05) is 25.5 Å². The fraction of sp³-hybridized carbons (Fsp3) is 0.600. The normalized spacial score (nSPS) is 12.5. The van der Waals surface area contributed by atoms with Crippen molar-refractivity contribution in [1.82, 2.24) is 5.32 Å². The van der Waals surface area contributed by atoms with E-state index in [4.69, 9.17) is 4.74 Å². The van der Waals surface area contributed by atoms with Crippen LogP contribution in [0.1, 0.15) is 37.8 Å². The molecule has 0 amide bonds. The topological polar surface area (TPSA) is 21.3 Å². The van der Waals surface area contributed by atoms with Gasteiger partial charge in [-0.05, 0) is 50.4 Å². The number of hydrogen-bond donors (Lipinski definition) is 1. The second-order valence-corrected chi connectivity index (χ2v) is 4.72. The zero-order chi connectivity index (χ0) is 12.7. The summed E-state index contributed by atoms with van der Waals surface area (Å²) in [5, 5.41) is 3.55. The molecule has 0 heterocycles. The van der Waals surface area contributed by atoms with Crippen molar-refractivity contribution in [3.05, 3.63) is 29.3 Å². The third-order valence-electron chi connectivity index (χ3n) is 3.02. The van der Waals surface area contributed by atoms with Crippen LogP contribution in [0.4, 0.5) is 0 Å². The summed E-state index contributed by atoms with van der Waals surface area (Å²) in [5.74, 6) is 0.973. The molecule has 96 valence electrons. The Balaban J connectivity index is 2.48. The van der Waals surface area contributed by atoms with Crippen LogP contribution in [0.5, 0.6) is 5.75 Å². The van der Waals surface area contributed by atoms with Crippen molar-refractivity contribution < 1.29 is 4.74 Å². The summed E-state index contributed by atoms with van der Waals surface area (Å²) >= 11 is 0. The van der Waals surface area contributed by atoms with Crippen molar-refractivity contribution in [2.24, 2.45) is 0 Å². The van der Waals surface area contributed by atoms with Gasteiger partial charge in [0.1, 0.15) is 5.75 Å². The molecule has 0 saturated heterocycles. The molecule has 0 saturated carbocycles. The van der Waals surface area contributed by atoms with E-state index in [1.165, 1.54) is 24.0 Å². The van der Waals surface area contributed by atoms with Crippen LogP contribution in [0, 0.1) is 6.92 Å². The van der Waals surface area contributed by atoms with Crippen molar-refractivity contribution >= 4 is 0 Å². The Kier molecular flexibility index (Phi) is 6.06. The summed E-state index contributed by atoms with van der Waals surface area (Å²) in [6.45, 7) is 7.68. The average molecular weight is 235 g/mol. The molecule has 1 aromatic carbocycles. The first kappa shape index (κ1) is 14.0. The number of aryl methyl sites for hydroxylation is 1. The van der Waals surface area contributed by atoms with Gasteiger partial charge in [-0.15, -0.1) is 0 Å². The Bertz CT molecular complexity index is 336. The fourth-order valence-corrected chi connectivity index (χ4v) is 2.02. The zero-order valence-corrected chi connectivity index (χ0v) is 11.5. The number of methoxy groups -OCH3 is 1. The Morgan fingerprint density at radius 2 is 2.12 bits per heavy atom. The van der Waals surface area contributed by atoms with Crippen LogP contribution in [0.15, 0.2) is 18.2 Å². The highest BCUT2D eigenvalue weighted by atomic mass is 16.5. The van der Waals surface area contributed by atoms with Crippen LogP contribution in [0.2, 0.25) is 0 Å². The molecule has 2 heteroatoms. The van der Waals surface area contributed by atoms with Crippen molar-refractivity contribution in [2.45, 2.75) is 46.1 Å². The van der Waals surface area contributed by atoms with Gasteiger partial charge in [0.25, 0.3) is 0 Å². The highest BCUT2D eigenvalue weighted by molar-refractivity contribution is 5.36. The second-order valence-electron chi connectivity index (χ2n) is 4.72. The van der Waals surface area contributed by atoms with Gasteiger partial charge in [0, 0.05) is 6.04 Å². The predicted molar refractivity (Wildman–Crippen MR) is 73.8 cm³/mol. The Hall–Kier alpha value is -1.02. The standard InChI is InChI=1S/C15H25NO/c1-5-6-9-16-13(3)11-14-7-8-15(17-4)12(2)10-14/h7-8,10,13,16H,5-6,9,11H2,1-4H3. The van der Waals surface area contributed by atoms with Gasteiger partial charge >= 0.3 is 0 Å². The molecule has 1 unspecified atom stereocenters. The van der Waals surface area contributed by atoms with Gasteiger partial charge in [-0.2, -0.15) is 0 Å². The van der Waals surface area contributed by atoms with E-state index in [0.29, 0.717) is 6.04 Å². The van der Waals surface area contributed by atoms with Gasteiger partial charge in [0.15, 0.2) is 0 Å². The van der Waals surface area contributed by atoms with Crippen molar-refractivity contribution in [3.63, 3.8) is 0 Å². The van der Waals surface area contributed by atoms with E-state index in [-0.39, 0.29) is 0 Å². The number of hydrogen-bond acceptors (Lipinski definition) is 2. The predicted octanol–water partition coefficient (Wildman–Crippen LogP) is 3.32. The maximum absolute atomic E-state index is 5.27. The van der Waals surface area contributed by atoms with Crippen molar-refractivity contribution in [3.8, 4) is 5.75 Å². The van der Waals surface area contributed by atoms with E-state index in [9.17, 15) is 0 Å². The van der Waals surface area contributed by atoms with Gasteiger partial charge in [-0.25, -0.2) is 0 Å². The first-order valence-electron chi connectivity index (χ1n) is 6.54. The largest absolute Gasteiger partial charge is 0.496 e. The highest BCUT2D eigenvalue weighted by Gasteiger charge is 2.04. The molecule has 1 N–H and O–H groups in total. The molecule has 0 fully saturated rings. The maximum atomic E-state index is 5.27. The third-order valence-corrected chi connectivity index (χ3v) is 3.02. The molecule has 0 spiro atoms. The first-order chi connectivity index (χ1) is 8.17. The Morgan fingerprint density at radius 3 is 2.71 bits per heavy atom. The molecule has 17 heavy (non-hydrogen) atoms. The fourth-order valence-electron chi connectivity index (χ4n) is 2.02. The third kappa shape index (κ3) is 4.78. The molecule has 1 atom stereocenters. The molecule has 0 aliphatic carbocycles. The molecule has 0 aromatic heterocycles. The van der Waals surface area contributed by atoms with Crippen LogP contribution >= 0.6 is 0 Å². The highest BCUT2D eigenvalue weighted by Crippen LogP contribution is 2.19. The Morgan fingerprint density at radius 1 is 1.35 bits per heavy atom. The number of rotatable bonds is 7. The van der Waals surface area contributed by atoms with E-state index in [1.807, 2.05) is 0 Å². The van der Waals surface area contributed by atoms with E-state index < -0.39 is 0 Å². The van der Waals surface area contributed by atoms with Crippen molar-refractivity contribution in [2.75, 3.05) is 13.7 Å². The summed E-state index contributed by atoms with van der Waals surface area (Å²) in [6.07, 6.45) is 3.59. The lowest BCUT2D eigenvalue weighted by Gasteiger charge is -2.14. The SMILES string of the molecule is CCCCNC(C)Cc1ccc(OC)c(C)c1. The van der Waals surface area contributed by atoms with E-state index in [0.717, 1.165) is 18.7 Å². The van der Waals surface area contributed by atoms with Gasteiger partial charge < -0.3 is 10.1 Å². The van der Waals surface area contributed by atoms with Gasteiger partial charge in [0.2, 0.25) is 0 Å². The van der Waals surface area contributed by atoms with Crippen LogP contribution in [-0.4, -0.2) is 19.7 Å². The number of ether oxygens (including phenoxy) is 1. The minimum Gasteiger partial charge on any atom is -0.496 e. The molecule has 1 aromatic rings. The first-order valence-corrected chi connectivity index (χ1v) is 6.54. The minimum atomic E-state index is 0.536. The van der Waals surface area contributed by atoms with E-state index in [2.05, 4.69) is 44.3 Å². The smallest absolute Gasteiger partial charge is 0.121 e. The summed E-state index contributed by atoms with van der Waals surface area (Å²) in [5.41, 5.74) is 2.59. The molecule has 0 radical (unpaired) electrons. The number of unbranched alkanes of at least 4 members (excludes halogenated alkanes) is 1. The monoisotopic (exact) mass is 235 g/mol. The lowest BCUT2D eigenvalue weighted by Crippen LogP contribution is -2.28. The Labute approximate surface area is 105 Å². The van der Waals surface area contributed by atoms with Gasteiger partial charge in [-0.3, -0.25) is 0 Å². The lowest BCUT2D eigenvalue weighted by molar-refractivity contribution is 0.411. The average Bonchev–Trinajstić information content (AvgIpc) is 2.29. The summed E-state index contributed by atoms with van der Waals surface area (Å²) < 4.78 is 5.27. The molecular formula is C15H25NO. The van der Waals surface area contributed by atoms with Gasteiger partial charge in [0.05, 0.1) is 7.11 Å². The lowest BCUT2D eigenvalue weighted by atomic mass is 10.0. The maximum Gasteiger partial charge on any atom is 0.121 e. The molecule has 0 aliphatic rings. The molecule has 1 rings (SSSR count). The number of benzene rings is 1. The van der Waals surface area contributed by atoms with Crippen LogP contribution in [0.3, 0.4) is 0 Å². The van der Waals surface area contributed by atoms with Crippen molar-refractivity contribution in [1.29, 1.82) is 0 Å². The molecule has 0 aliphatic heterocycles. The minimum absolute atomic E-state index is 0.536. The quantitative estimate of drug-likeness (QED) is 0.732. The summed E-state index contributed by atoms with van der Waals surface area (Å²) in [4.78, 5) is 0. The molecule has 2 nitrogen and oxygen atoms in total. The summed E-state index contributed by atoms with van der Waals surface area (Å²) in [6, 6.07) is 6.97. The van der Waals surface area contributed by atoms with E-state index in [1.54, 1.807) is 7.11 Å². The van der Waals surface area contributed by atoms with Crippen LogP contribution in [-0.2, 0) is 6.42 Å². The van der Waals surface area contributed by atoms with Crippen LogP contribution < -0.4 is 10.1 Å².